The summed E-state index contributed by atoms with van der Waals surface area (Å²) in [5.41, 5.74) is 1.92. The third-order valence-electron chi connectivity index (χ3n) is 5.41. The third-order valence-corrected chi connectivity index (χ3v) is 7.19. The number of hydrogen-bond acceptors (Lipinski definition) is 3. The predicted octanol–water partition coefficient (Wildman–Crippen LogP) is 5.39. The van der Waals surface area contributed by atoms with Crippen molar-refractivity contribution < 1.29 is 9.59 Å². The van der Waals surface area contributed by atoms with Gasteiger partial charge in [0.2, 0.25) is 11.8 Å². The minimum Gasteiger partial charge on any atom is -0.330 e. The van der Waals surface area contributed by atoms with Crippen LogP contribution in [-0.4, -0.2) is 46.6 Å². The summed E-state index contributed by atoms with van der Waals surface area (Å²) < 4.78 is 0. The first-order valence-corrected chi connectivity index (χ1v) is 11.7. The number of halogens is 3. The van der Waals surface area contributed by atoms with Gasteiger partial charge in [-0.15, -0.1) is 22.9 Å². The lowest BCUT2D eigenvalue weighted by Crippen LogP contribution is -2.49. The molecule has 0 radical (unpaired) electrons. The Hall–Kier alpha value is -1.27. The van der Waals surface area contributed by atoms with E-state index in [4.69, 9.17) is 34.8 Å². The summed E-state index contributed by atoms with van der Waals surface area (Å²) in [6, 6.07) is 7.04. The van der Waals surface area contributed by atoms with Crippen molar-refractivity contribution in [2.75, 3.05) is 19.0 Å². The molecule has 0 saturated heterocycles. The zero-order valence-corrected chi connectivity index (χ0v) is 19.4. The van der Waals surface area contributed by atoms with Gasteiger partial charge in [0.15, 0.2) is 0 Å². The number of thiophene rings is 1. The summed E-state index contributed by atoms with van der Waals surface area (Å²) in [6.07, 6.45) is 1.53. The van der Waals surface area contributed by atoms with Gasteiger partial charge in [-0.2, -0.15) is 0 Å². The maximum atomic E-state index is 13.4. The van der Waals surface area contributed by atoms with E-state index in [9.17, 15) is 9.59 Å². The van der Waals surface area contributed by atoms with Crippen LogP contribution in [0.5, 0.6) is 0 Å². The first-order valence-electron chi connectivity index (χ1n) is 9.53. The van der Waals surface area contributed by atoms with E-state index in [2.05, 4.69) is 0 Å². The third kappa shape index (κ3) is 4.74. The molecule has 1 aromatic carbocycles. The molecule has 2 amide bonds. The molecular formula is C21H23Cl3N2O2S. The number of carbonyl (C=O) groups is 2. The molecule has 4 nitrogen and oxygen atoms in total. The van der Waals surface area contributed by atoms with Gasteiger partial charge < -0.3 is 9.80 Å². The quantitative estimate of drug-likeness (QED) is 0.527. The molecule has 1 aliphatic heterocycles. The molecular weight excluding hydrogens is 451 g/mol. The highest BCUT2D eigenvalue weighted by Crippen LogP contribution is 2.41. The van der Waals surface area contributed by atoms with Gasteiger partial charge in [-0.3, -0.25) is 9.59 Å². The average molecular weight is 474 g/mol. The Balaban J connectivity index is 1.96. The Labute approximate surface area is 190 Å². The fourth-order valence-electron chi connectivity index (χ4n) is 3.67. The summed E-state index contributed by atoms with van der Waals surface area (Å²) in [6.45, 7) is 4.48. The number of amides is 2. The van der Waals surface area contributed by atoms with E-state index in [1.54, 1.807) is 28.4 Å². The molecule has 0 spiro atoms. The molecule has 2 atom stereocenters. The summed E-state index contributed by atoms with van der Waals surface area (Å²) in [7, 11) is 0. The van der Waals surface area contributed by atoms with Crippen LogP contribution in [0.2, 0.25) is 10.0 Å². The van der Waals surface area contributed by atoms with Crippen molar-refractivity contribution in [3.05, 3.63) is 55.7 Å². The highest BCUT2D eigenvalue weighted by atomic mass is 35.5. The molecule has 1 aromatic heterocycles. The first-order chi connectivity index (χ1) is 13.9. The monoisotopic (exact) mass is 472 g/mol. The molecule has 2 heterocycles. The lowest BCUT2D eigenvalue weighted by atomic mass is 9.93. The average Bonchev–Trinajstić information content (AvgIpc) is 3.19. The smallest absolute Gasteiger partial charge is 0.243 e. The molecule has 0 aliphatic carbocycles. The van der Waals surface area contributed by atoms with Crippen molar-refractivity contribution in [2.45, 2.75) is 38.8 Å². The van der Waals surface area contributed by atoms with Gasteiger partial charge in [0, 0.05) is 27.5 Å². The van der Waals surface area contributed by atoms with Crippen molar-refractivity contribution in [2.24, 2.45) is 0 Å². The van der Waals surface area contributed by atoms with E-state index in [0.717, 1.165) is 24.0 Å². The van der Waals surface area contributed by atoms with E-state index in [-0.39, 0.29) is 36.3 Å². The Morgan fingerprint density at radius 1 is 1.28 bits per heavy atom. The molecule has 0 N–H and O–H groups in total. The second-order valence-corrected chi connectivity index (χ2v) is 9.23. The molecule has 0 saturated carbocycles. The molecule has 29 heavy (non-hydrogen) atoms. The van der Waals surface area contributed by atoms with Crippen LogP contribution in [0.25, 0.3) is 0 Å². The largest absolute Gasteiger partial charge is 0.330 e. The number of hydrogen-bond donors (Lipinski definition) is 0. The minimum atomic E-state index is -0.299. The van der Waals surface area contributed by atoms with E-state index in [1.807, 2.05) is 36.3 Å². The molecule has 2 aromatic rings. The minimum absolute atomic E-state index is 0.00173. The van der Waals surface area contributed by atoms with Crippen molar-refractivity contribution in [3.63, 3.8) is 0 Å². The van der Waals surface area contributed by atoms with Crippen LogP contribution in [0.3, 0.4) is 0 Å². The van der Waals surface area contributed by atoms with Gasteiger partial charge in [-0.05, 0) is 54.5 Å². The van der Waals surface area contributed by atoms with E-state index in [0.29, 0.717) is 16.6 Å². The molecule has 2 unspecified atom stereocenters. The lowest BCUT2D eigenvalue weighted by Gasteiger charge is -2.38. The summed E-state index contributed by atoms with van der Waals surface area (Å²) in [5, 5.41) is 3.11. The molecule has 1 aliphatic rings. The number of benzene rings is 1. The first kappa shape index (κ1) is 22.4. The second-order valence-electron chi connectivity index (χ2n) is 7.12. The molecule has 0 bridgehead atoms. The summed E-state index contributed by atoms with van der Waals surface area (Å²) in [4.78, 5) is 30.3. The Morgan fingerprint density at radius 3 is 2.69 bits per heavy atom. The SMILES string of the molecule is CCC(C)N(CC(=O)N1CCc2sccc2C1c1ccc(Cl)cc1Cl)C(=O)CCl. The Bertz CT molecular complexity index is 902. The summed E-state index contributed by atoms with van der Waals surface area (Å²) >= 11 is 20.1. The molecule has 8 heteroatoms. The topological polar surface area (TPSA) is 40.6 Å². The maximum absolute atomic E-state index is 13.4. The number of alkyl halides is 1. The van der Waals surface area contributed by atoms with Crippen LogP contribution >= 0.6 is 46.1 Å². The zero-order chi connectivity index (χ0) is 21.1. The Kier molecular flexibility index (Phi) is 7.49. The van der Waals surface area contributed by atoms with Gasteiger partial charge in [0.05, 0.1) is 6.04 Å². The lowest BCUT2D eigenvalue weighted by molar-refractivity contribution is -0.142. The van der Waals surface area contributed by atoms with E-state index in [1.165, 1.54) is 4.88 Å². The van der Waals surface area contributed by atoms with Gasteiger partial charge in [0.1, 0.15) is 12.4 Å². The van der Waals surface area contributed by atoms with Crippen molar-refractivity contribution in [1.29, 1.82) is 0 Å². The van der Waals surface area contributed by atoms with Gasteiger partial charge in [-0.1, -0.05) is 36.2 Å². The van der Waals surface area contributed by atoms with Gasteiger partial charge >= 0.3 is 0 Å². The highest BCUT2D eigenvalue weighted by Gasteiger charge is 2.35. The fourth-order valence-corrected chi connectivity index (χ4v) is 5.24. The number of rotatable bonds is 6. The Morgan fingerprint density at radius 2 is 2.03 bits per heavy atom. The number of fused-ring (bicyclic) bond motifs is 1. The van der Waals surface area contributed by atoms with Crippen molar-refractivity contribution in [3.8, 4) is 0 Å². The van der Waals surface area contributed by atoms with Crippen LogP contribution in [0.1, 0.15) is 42.3 Å². The van der Waals surface area contributed by atoms with E-state index < -0.39 is 0 Å². The van der Waals surface area contributed by atoms with Crippen LogP contribution in [0, 0.1) is 0 Å². The molecule has 3 rings (SSSR count). The van der Waals surface area contributed by atoms with Crippen LogP contribution in [0.4, 0.5) is 0 Å². The van der Waals surface area contributed by atoms with Crippen LogP contribution < -0.4 is 0 Å². The predicted molar refractivity (Wildman–Crippen MR) is 120 cm³/mol. The second kappa shape index (κ2) is 9.69. The fraction of sp³-hybridized carbons (Fsp3) is 0.429. The number of nitrogens with zero attached hydrogens (tertiary/aromatic N) is 2. The van der Waals surface area contributed by atoms with Crippen molar-refractivity contribution in [1.82, 2.24) is 9.80 Å². The summed E-state index contributed by atoms with van der Waals surface area (Å²) in [5.74, 6) is -0.487. The highest BCUT2D eigenvalue weighted by molar-refractivity contribution is 7.10. The maximum Gasteiger partial charge on any atom is 0.243 e. The van der Waals surface area contributed by atoms with Crippen LogP contribution in [0.15, 0.2) is 29.6 Å². The standard InChI is InChI=1S/C21H23Cl3N2O2S/c1-3-13(2)26(19(27)11-22)12-20(28)25-8-6-18-16(7-9-29-18)21(25)15-5-4-14(23)10-17(15)24/h4-5,7,9-10,13,21H,3,6,8,11-12H2,1-2H3. The van der Waals surface area contributed by atoms with Gasteiger partial charge in [-0.25, -0.2) is 0 Å². The van der Waals surface area contributed by atoms with Crippen LogP contribution in [-0.2, 0) is 16.0 Å². The molecule has 156 valence electrons. The van der Waals surface area contributed by atoms with Gasteiger partial charge in [0.25, 0.3) is 0 Å². The zero-order valence-electron chi connectivity index (χ0n) is 16.3. The number of carbonyl (C=O) groups excluding carboxylic acids is 2. The van der Waals surface area contributed by atoms with E-state index >= 15 is 0 Å². The molecule has 0 fully saturated rings. The van der Waals surface area contributed by atoms with Crippen molar-refractivity contribution >= 4 is 58.0 Å². The normalized spacial score (nSPS) is 17.0.